The summed E-state index contributed by atoms with van der Waals surface area (Å²) in [7, 11) is 0. The average Bonchev–Trinajstić information content (AvgIpc) is 3.03. The number of hydrogen-bond acceptors (Lipinski definition) is 7. The second kappa shape index (κ2) is 12.6. The molecule has 5 rings (SSSR count). The minimum absolute atomic E-state index is 0.0271. The zero-order valence-corrected chi connectivity index (χ0v) is 26.4. The van der Waals surface area contributed by atoms with Gasteiger partial charge in [0.25, 0.3) is 5.56 Å². The number of rotatable bonds is 5. The summed E-state index contributed by atoms with van der Waals surface area (Å²) in [5.74, 6) is -9.77. The van der Waals surface area contributed by atoms with Crippen LogP contribution in [0.2, 0.25) is 5.02 Å². The zero-order chi connectivity index (χ0) is 35.4. The molecule has 16 heteroatoms. The predicted molar refractivity (Wildman–Crippen MR) is 166 cm³/mol. The van der Waals surface area contributed by atoms with Crippen molar-refractivity contribution in [2.24, 2.45) is 5.92 Å². The fraction of sp³-hybridized carbons (Fsp3) is 0.312. The third kappa shape index (κ3) is 5.53. The number of nitrogens with zero attached hydrogens (tertiary/aromatic N) is 5. The van der Waals surface area contributed by atoms with E-state index in [0.29, 0.717) is 11.3 Å². The van der Waals surface area contributed by atoms with Gasteiger partial charge in [0.05, 0.1) is 33.7 Å². The van der Waals surface area contributed by atoms with Crippen molar-refractivity contribution in [3.05, 3.63) is 80.5 Å². The average molecular weight is 693 g/mol. The van der Waals surface area contributed by atoms with E-state index < -0.39 is 62.8 Å². The van der Waals surface area contributed by atoms with E-state index in [1.165, 1.54) is 4.90 Å². The number of fused-ring (bicyclic) bond motifs is 1. The van der Waals surface area contributed by atoms with Crippen LogP contribution in [0.1, 0.15) is 31.9 Å². The van der Waals surface area contributed by atoms with Gasteiger partial charge in [0.15, 0.2) is 17.4 Å². The number of aromatic nitrogens is 2. The Labute approximate surface area is 274 Å². The number of phenolic OH excluding ortho intramolecular Hbond substituents is 1. The van der Waals surface area contributed by atoms with Gasteiger partial charge in [-0.3, -0.25) is 14.2 Å². The highest BCUT2D eigenvalue weighted by Crippen LogP contribution is 2.46. The molecule has 0 aliphatic carbocycles. The Morgan fingerprint density at radius 2 is 1.83 bits per heavy atom. The minimum atomic E-state index is -5.72. The summed E-state index contributed by atoms with van der Waals surface area (Å²) >= 11 is 6.49. The van der Waals surface area contributed by atoms with Gasteiger partial charge in [-0.2, -0.15) is 22.8 Å². The molecule has 0 radical (unpaired) electrons. The van der Waals surface area contributed by atoms with Crippen molar-refractivity contribution in [2.75, 3.05) is 31.1 Å². The smallest absolute Gasteiger partial charge is 0.422 e. The Balaban J connectivity index is 1.92. The molecule has 4 heterocycles. The van der Waals surface area contributed by atoms with Gasteiger partial charge in [-0.1, -0.05) is 32.0 Å². The standard InChI is InChI=1S/C32H27ClF6N6O3/c1-5-19(46)43-8-10-44(11-9-43)28-16-12-18(33)26(20-22(34)21(32(37,38)39)23(35)24(36)29(20)47)42-30(16)45(31(48)17(28)13-40)27-15(4)6-7-41-25(27)14(2)3/h5-7,12,14,25,41,47H,1,8-11H2,2-4H3. The van der Waals surface area contributed by atoms with Gasteiger partial charge < -0.3 is 20.2 Å². The molecule has 1 atom stereocenters. The van der Waals surface area contributed by atoms with Crippen LogP contribution in [-0.4, -0.2) is 57.7 Å². The number of anilines is 1. The number of nitriles is 1. The first kappa shape index (κ1) is 34.4. The summed E-state index contributed by atoms with van der Waals surface area (Å²) in [5, 5.41) is 23.3. The first-order chi connectivity index (χ1) is 22.5. The van der Waals surface area contributed by atoms with Gasteiger partial charge in [0.2, 0.25) is 11.7 Å². The number of hydrogen-bond donors (Lipinski definition) is 2. The molecule has 3 aromatic rings. The van der Waals surface area contributed by atoms with Crippen LogP contribution in [-0.2, 0) is 11.0 Å². The molecule has 2 aliphatic heterocycles. The van der Waals surface area contributed by atoms with E-state index in [1.807, 2.05) is 19.9 Å². The maximum absolute atomic E-state index is 15.5. The summed E-state index contributed by atoms with van der Waals surface area (Å²) in [6.45, 7) is 9.41. The van der Waals surface area contributed by atoms with Crippen molar-refractivity contribution < 1.29 is 36.2 Å². The molecule has 0 bridgehead atoms. The van der Waals surface area contributed by atoms with E-state index in [-0.39, 0.29) is 60.3 Å². The molecule has 0 saturated carbocycles. The van der Waals surface area contributed by atoms with Crippen molar-refractivity contribution in [1.29, 1.82) is 5.26 Å². The highest BCUT2D eigenvalue weighted by molar-refractivity contribution is 6.34. The molecule has 48 heavy (non-hydrogen) atoms. The van der Waals surface area contributed by atoms with Crippen LogP contribution in [0.4, 0.5) is 32.0 Å². The second-order valence-electron chi connectivity index (χ2n) is 11.5. The van der Waals surface area contributed by atoms with Crippen molar-refractivity contribution >= 4 is 39.9 Å². The first-order valence-corrected chi connectivity index (χ1v) is 14.9. The van der Waals surface area contributed by atoms with Crippen LogP contribution in [0.25, 0.3) is 28.0 Å². The number of benzene rings is 1. The number of carbonyl (C=O) groups is 1. The number of halogens is 7. The van der Waals surface area contributed by atoms with Gasteiger partial charge in [-0.25, -0.2) is 13.8 Å². The van der Waals surface area contributed by atoms with Crippen molar-refractivity contribution in [3.63, 3.8) is 0 Å². The van der Waals surface area contributed by atoms with Crippen molar-refractivity contribution in [2.45, 2.75) is 33.0 Å². The number of alkyl halides is 3. The predicted octanol–water partition coefficient (Wildman–Crippen LogP) is 5.94. The van der Waals surface area contributed by atoms with Gasteiger partial charge in [0, 0.05) is 31.6 Å². The fourth-order valence-electron chi connectivity index (χ4n) is 6.00. The Morgan fingerprint density at radius 3 is 2.40 bits per heavy atom. The number of phenols is 1. The van der Waals surface area contributed by atoms with Crippen LogP contribution in [0.15, 0.2) is 41.4 Å². The zero-order valence-electron chi connectivity index (χ0n) is 25.6. The number of aromatic hydroxyl groups is 1. The lowest BCUT2D eigenvalue weighted by Crippen LogP contribution is -2.49. The van der Waals surface area contributed by atoms with Crippen LogP contribution < -0.4 is 15.8 Å². The maximum Gasteiger partial charge on any atom is 0.422 e. The molecule has 1 aromatic carbocycles. The van der Waals surface area contributed by atoms with Crippen molar-refractivity contribution in [1.82, 2.24) is 19.8 Å². The monoisotopic (exact) mass is 692 g/mol. The lowest BCUT2D eigenvalue weighted by molar-refractivity contribution is -0.142. The number of carbonyl (C=O) groups excluding carboxylic acids is 1. The van der Waals surface area contributed by atoms with Crippen LogP contribution >= 0.6 is 11.6 Å². The van der Waals surface area contributed by atoms with Crippen LogP contribution in [0, 0.1) is 34.7 Å². The number of nitrogens with one attached hydrogen (secondary N) is 1. The first-order valence-electron chi connectivity index (χ1n) is 14.5. The molecular weight excluding hydrogens is 666 g/mol. The van der Waals surface area contributed by atoms with Gasteiger partial charge in [-0.15, -0.1) is 0 Å². The summed E-state index contributed by atoms with van der Waals surface area (Å²) in [6.07, 6.45) is -1.30. The lowest BCUT2D eigenvalue weighted by Gasteiger charge is -2.37. The molecule has 1 saturated heterocycles. The number of piperazine rings is 1. The molecule has 2 aliphatic rings. The summed E-state index contributed by atoms with van der Waals surface area (Å²) in [5.41, 5.74) is -5.74. The highest BCUT2D eigenvalue weighted by atomic mass is 35.5. The van der Waals surface area contributed by atoms with E-state index >= 15 is 4.39 Å². The molecule has 2 aromatic heterocycles. The summed E-state index contributed by atoms with van der Waals surface area (Å²) in [4.78, 5) is 34.0. The molecule has 9 nitrogen and oxygen atoms in total. The van der Waals surface area contributed by atoms with E-state index in [0.717, 1.165) is 16.7 Å². The maximum atomic E-state index is 15.5. The third-order valence-corrected chi connectivity index (χ3v) is 8.59. The van der Waals surface area contributed by atoms with Crippen molar-refractivity contribution in [3.8, 4) is 23.1 Å². The third-order valence-electron chi connectivity index (χ3n) is 8.30. The number of allylic oxidation sites excluding steroid dienone is 2. The van der Waals surface area contributed by atoms with E-state index in [4.69, 9.17) is 11.6 Å². The quantitative estimate of drug-likeness (QED) is 0.193. The lowest BCUT2D eigenvalue weighted by atomic mass is 9.94. The molecular formula is C32H27ClF6N6O3. The topological polar surface area (TPSA) is 114 Å². The largest absolute Gasteiger partial charge is 0.504 e. The van der Waals surface area contributed by atoms with Gasteiger partial charge in [-0.05, 0) is 42.8 Å². The van der Waals surface area contributed by atoms with E-state index in [9.17, 15) is 41.9 Å². The summed E-state index contributed by atoms with van der Waals surface area (Å²) < 4.78 is 86.8. The minimum Gasteiger partial charge on any atom is -0.504 e. The van der Waals surface area contributed by atoms with Crippen LogP contribution in [0.5, 0.6) is 5.75 Å². The molecule has 1 unspecified atom stereocenters. The second-order valence-corrected chi connectivity index (χ2v) is 11.9. The van der Waals surface area contributed by atoms with E-state index in [1.54, 1.807) is 24.1 Å². The Morgan fingerprint density at radius 1 is 1.19 bits per heavy atom. The summed E-state index contributed by atoms with van der Waals surface area (Å²) in [6, 6.07) is 2.47. The SMILES string of the molecule is C=CC(=O)N1CCN(c2c(C#N)c(=O)n(C3=C(C)C=CNC3C(C)C)c3nc(-c4c(O)c(F)c(F)c(C(F)(F)F)c4F)c(Cl)cc23)CC1. The Bertz CT molecular complexity index is 2040. The fourth-order valence-corrected chi connectivity index (χ4v) is 6.24. The Kier molecular flexibility index (Phi) is 9.00. The molecule has 0 spiro atoms. The van der Waals surface area contributed by atoms with E-state index in [2.05, 4.69) is 16.9 Å². The number of amides is 1. The Hall–Kier alpha value is -4.97. The molecule has 2 N–H and O–H groups in total. The van der Waals surface area contributed by atoms with Gasteiger partial charge in [0.1, 0.15) is 22.8 Å². The normalized spacial score (nSPS) is 16.8. The highest BCUT2D eigenvalue weighted by Gasteiger charge is 2.43. The molecule has 1 amide bonds. The van der Waals surface area contributed by atoms with Gasteiger partial charge >= 0.3 is 6.18 Å². The molecule has 252 valence electrons. The number of dihydropyridines is 1. The van der Waals surface area contributed by atoms with Crippen LogP contribution in [0.3, 0.4) is 0 Å². The number of pyridine rings is 2. The molecule has 1 fully saturated rings.